The van der Waals surface area contributed by atoms with Crippen LogP contribution in [-0.2, 0) is 4.74 Å². The van der Waals surface area contributed by atoms with Crippen LogP contribution in [-0.4, -0.2) is 22.8 Å². The molecule has 1 aromatic carbocycles. The number of alkyl halides is 1. The Bertz CT molecular complexity index is 592. The zero-order chi connectivity index (χ0) is 14.5. The molecule has 2 rings (SSSR count). The van der Waals surface area contributed by atoms with E-state index in [9.17, 15) is 0 Å². The van der Waals surface area contributed by atoms with E-state index in [0.29, 0.717) is 5.90 Å². The van der Waals surface area contributed by atoms with Crippen molar-refractivity contribution in [3.8, 4) is 0 Å². The number of amidine groups is 1. The molecule has 1 unspecified atom stereocenters. The minimum Gasteiger partial charge on any atom is -0.417 e. The van der Waals surface area contributed by atoms with E-state index < -0.39 is 0 Å². The first-order chi connectivity index (χ1) is 9.58. The van der Waals surface area contributed by atoms with Crippen LogP contribution in [0.3, 0.4) is 0 Å². The fourth-order valence-electron chi connectivity index (χ4n) is 1.42. The molecular weight excluding hydrogens is 322 g/mol. The molecule has 1 atom stereocenters. The molecule has 1 aromatic rings. The lowest BCUT2D eigenvalue weighted by Crippen LogP contribution is -2.18. The summed E-state index contributed by atoms with van der Waals surface area (Å²) in [5.74, 6) is 0.547. The third-order valence-corrected chi connectivity index (χ3v) is 2.62. The van der Waals surface area contributed by atoms with E-state index in [1.807, 2.05) is 37.3 Å². The number of hydrogen-bond donors (Lipinski definition) is 3. The van der Waals surface area contributed by atoms with E-state index in [0.717, 1.165) is 5.56 Å². The minimum atomic E-state index is -0.0803. The van der Waals surface area contributed by atoms with Gasteiger partial charge in [0.1, 0.15) is 5.70 Å². The van der Waals surface area contributed by atoms with Crippen molar-refractivity contribution in [2.24, 2.45) is 15.8 Å². The van der Waals surface area contributed by atoms with Gasteiger partial charge in [-0.1, -0.05) is 34.1 Å². The molecule has 1 aliphatic heterocycles. The van der Waals surface area contributed by atoms with E-state index in [1.54, 1.807) is 6.21 Å². The molecule has 104 valence electrons. The lowest BCUT2D eigenvalue weighted by Gasteiger charge is -2.04. The van der Waals surface area contributed by atoms with Gasteiger partial charge in [-0.3, -0.25) is 5.41 Å². The van der Waals surface area contributed by atoms with Crippen molar-refractivity contribution in [2.45, 2.75) is 11.8 Å². The average molecular weight is 336 g/mol. The standard InChI is InChI=1S/C13H14BrN5O/c1-8(14)7-17-11(16)10(15)13-19-18-12(20-13)9-5-3-2-4-6-9/h2-8,16,19H,15H2,1H3. The zero-order valence-corrected chi connectivity index (χ0v) is 12.4. The molecular formula is C13H14BrN5O. The van der Waals surface area contributed by atoms with E-state index in [2.05, 4.69) is 31.4 Å². The Morgan fingerprint density at radius 2 is 2.20 bits per heavy atom. The Morgan fingerprint density at radius 1 is 1.50 bits per heavy atom. The highest BCUT2D eigenvalue weighted by Gasteiger charge is 2.19. The highest BCUT2D eigenvalue weighted by atomic mass is 79.9. The number of rotatable bonds is 3. The third kappa shape index (κ3) is 3.45. The maximum absolute atomic E-state index is 7.75. The first kappa shape index (κ1) is 14.3. The smallest absolute Gasteiger partial charge is 0.245 e. The first-order valence-electron chi connectivity index (χ1n) is 5.92. The monoisotopic (exact) mass is 335 g/mol. The second-order valence-corrected chi connectivity index (χ2v) is 5.49. The summed E-state index contributed by atoms with van der Waals surface area (Å²) >= 11 is 3.30. The van der Waals surface area contributed by atoms with Crippen LogP contribution in [0.4, 0.5) is 0 Å². The Labute approximate surface area is 125 Å². The van der Waals surface area contributed by atoms with E-state index in [4.69, 9.17) is 15.9 Å². The number of nitrogens with zero attached hydrogens (tertiary/aromatic N) is 2. The Hall–Kier alpha value is -2.15. The predicted octanol–water partition coefficient (Wildman–Crippen LogP) is 1.93. The summed E-state index contributed by atoms with van der Waals surface area (Å²) < 4.78 is 5.50. The number of benzene rings is 1. The fourth-order valence-corrected chi connectivity index (χ4v) is 1.54. The van der Waals surface area contributed by atoms with Gasteiger partial charge in [-0.2, -0.15) is 0 Å². The molecule has 1 heterocycles. The van der Waals surface area contributed by atoms with Crippen molar-refractivity contribution < 1.29 is 4.74 Å². The Morgan fingerprint density at radius 3 is 2.85 bits per heavy atom. The highest BCUT2D eigenvalue weighted by Crippen LogP contribution is 2.13. The Balaban J connectivity index is 2.10. The van der Waals surface area contributed by atoms with Crippen molar-refractivity contribution in [1.82, 2.24) is 5.43 Å². The van der Waals surface area contributed by atoms with Crippen molar-refractivity contribution in [3.05, 3.63) is 47.5 Å². The quantitative estimate of drug-likeness (QED) is 0.447. The van der Waals surface area contributed by atoms with Crippen molar-refractivity contribution in [1.29, 1.82) is 5.41 Å². The van der Waals surface area contributed by atoms with Crippen LogP contribution in [0.25, 0.3) is 0 Å². The van der Waals surface area contributed by atoms with E-state index in [-0.39, 0.29) is 22.2 Å². The normalized spacial score (nSPS) is 18.2. The molecule has 0 saturated carbocycles. The summed E-state index contributed by atoms with van der Waals surface area (Å²) in [4.78, 5) is 3.99. The largest absolute Gasteiger partial charge is 0.417 e. The molecule has 0 radical (unpaired) electrons. The van der Waals surface area contributed by atoms with E-state index in [1.165, 1.54) is 0 Å². The van der Waals surface area contributed by atoms with Crippen LogP contribution in [0.15, 0.2) is 52.0 Å². The molecule has 0 spiro atoms. The molecule has 4 N–H and O–H groups in total. The van der Waals surface area contributed by atoms with Crippen LogP contribution in [0, 0.1) is 5.41 Å². The molecule has 0 aromatic heterocycles. The van der Waals surface area contributed by atoms with Crippen molar-refractivity contribution in [2.75, 3.05) is 0 Å². The van der Waals surface area contributed by atoms with E-state index >= 15 is 0 Å². The molecule has 1 aliphatic rings. The molecule has 7 heteroatoms. The number of ether oxygens (including phenoxy) is 1. The second-order valence-electron chi connectivity index (χ2n) is 4.04. The maximum atomic E-state index is 7.75. The van der Waals surface area contributed by atoms with Crippen LogP contribution in [0.5, 0.6) is 0 Å². The summed E-state index contributed by atoms with van der Waals surface area (Å²) in [6.07, 6.45) is 1.57. The van der Waals surface area contributed by atoms with Gasteiger partial charge in [0.25, 0.3) is 0 Å². The fraction of sp³-hybridized carbons (Fsp3) is 0.154. The van der Waals surface area contributed by atoms with Gasteiger partial charge in [0, 0.05) is 16.6 Å². The minimum absolute atomic E-state index is 0.0641. The maximum Gasteiger partial charge on any atom is 0.245 e. The summed E-state index contributed by atoms with van der Waals surface area (Å²) in [6, 6.07) is 9.42. The molecule has 0 bridgehead atoms. The van der Waals surface area contributed by atoms with Crippen LogP contribution >= 0.6 is 15.9 Å². The zero-order valence-electron chi connectivity index (χ0n) is 10.8. The molecule has 6 nitrogen and oxygen atoms in total. The number of halogens is 1. The lowest BCUT2D eigenvalue weighted by molar-refractivity contribution is 0.412. The molecule has 0 aliphatic carbocycles. The van der Waals surface area contributed by atoms with Gasteiger partial charge < -0.3 is 10.5 Å². The van der Waals surface area contributed by atoms with Gasteiger partial charge in [-0.15, -0.1) is 5.10 Å². The second kappa shape index (κ2) is 6.33. The summed E-state index contributed by atoms with van der Waals surface area (Å²) in [7, 11) is 0. The van der Waals surface area contributed by atoms with Gasteiger partial charge in [-0.25, -0.2) is 10.4 Å². The SMILES string of the molecule is CC(Br)C=NC(=N)C(N)=C1NN=C(c2ccccc2)O1. The van der Waals surface area contributed by atoms with Crippen molar-refractivity contribution in [3.63, 3.8) is 0 Å². The number of hydrazone groups is 1. The molecule has 0 saturated heterocycles. The average Bonchev–Trinajstić information content (AvgIpc) is 2.94. The van der Waals surface area contributed by atoms with Crippen LogP contribution in [0.1, 0.15) is 12.5 Å². The summed E-state index contributed by atoms with van der Waals surface area (Å²) in [6.45, 7) is 1.89. The number of nitrogens with one attached hydrogen (secondary N) is 2. The highest BCUT2D eigenvalue weighted by molar-refractivity contribution is 9.09. The molecule has 0 fully saturated rings. The topological polar surface area (TPSA) is 95.9 Å². The first-order valence-corrected chi connectivity index (χ1v) is 6.83. The summed E-state index contributed by atoms with van der Waals surface area (Å²) in [5.41, 5.74) is 9.41. The predicted molar refractivity (Wildman–Crippen MR) is 83.0 cm³/mol. The van der Waals surface area contributed by atoms with Gasteiger partial charge in [0.2, 0.25) is 11.8 Å². The van der Waals surface area contributed by atoms with Gasteiger partial charge in [0.15, 0.2) is 5.84 Å². The Kier molecular flexibility index (Phi) is 4.52. The van der Waals surface area contributed by atoms with Gasteiger partial charge in [0.05, 0.1) is 0 Å². The summed E-state index contributed by atoms with van der Waals surface area (Å²) in [5, 5.41) is 11.8. The van der Waals surface area contributed by atoms with Crippen LogP contribution in [0.2, 0.25) is 0 Å². The number of nitrogens with two attached hydrogens (primary N) is 1. The van der Waals surface area contributed by atoms with Gasteiger partial charge in [-0.05, 0) is 19.1 Å². The molecule has 20 heavy (non-hydrogen) atoms. The number of hydrogen-bond acceptors (Lipinski definition) is 5. The van der Waals surface area contributed by atoms with Crippen LogP contribution < -0.4 is 11.2 Å². The molecule has 0 amide bonds. The van der Waals surface area contributed by atoms with Gasteiger partial charge >= 0.3 is 0 Å². The third-order valence-electron chi connectivity index (χ3n) is 2.39. The number of aliphatic imine (C=N–C) groups is 1. The lowest BCUT2D eigenvalue weighted by atomic mass is 10.2. The van der Waals surface area contributed by atoms with Crippen molar-refractivity contribution >= 4 is 33.9 Å².